The Morgan fingerprint density at radius 1 is 0.974 bits per heavy atom. The van der Waals surface area contributed by atoms with Gasteiger partial charge in [-0.3, -0.25) is 20.0 Å². The fourth-order valence-corrected chi connectivity index (χ4v) is 5.94. The molecule has 0 radical (unpaired) electrons. The maximum Gasteiger partial charge on any atom is 0.176 e. The van der Waals surface area contributed by atoms with Gasteiger partial charge < -0.3 is 9.72 Å². The minimum absolute atomic E-state index is 0.193. The maximum atomic E-state index is 13.7. The lowest BCUT2D eigenvalue weighted by Gasteiger charge is -2.15. The van der Waals surface area contributed by atoms with E-state index in [-0.39, 0.29) is 5.13 Å². The average molecular weight is 525 g/mol. The van der Waals surface area contributed by atoms with Crippen LogP contribution in [0.5, 0.6) is 5.75 Å². The first-order chi connectivity index (χ1) is 18.7. The molecule has 9 heteroatoms. The van der Waals surface area contributed by atoms with E-state index in [1.807, 2.05) is 36.4 Å². The molecule has 1 aliphatic heterocycles. The number of halogens is 1. The number of aromatic nitrogens is 5. The molecular formula is C29H25FN6OS. The molecule has 0 bridgehead atoms. The van der Waals surface area contributed by atoms with Gasteiger partial charge in [-0.1, -0.05) is 12.1 Å². The van der Waals surface area contributed by atoms with Gasteiger partial charge in [-0.25, -0.2) is 0 Å². The van der Waals surface area contributed by atoms with Crippen molar-refractivity contribution in [1.82, 2.24) is 30.0 Å². The molecule has 1 fully saturated rings. The first kappa shape index (κ1) is 23.1. The van der Waals surface area contributed by atoms with Crippen LogP contribution in [-0.2, 0) is 0 Å². The van der Waals surface area contributed by atoms with Crippen LogP contribution in [0.1, 0.15) is 12.8 Å². The largest absolute Gasteiger partial charge is 0.491 e. The van der Waals surface area contributed by atoms with E-state index in [2.05, 4.69) is 36.1 Å². The molecule has 6 aromatic rings. The Morgan fingerprint density at radius 3 is 2.76 bits per heavy atom. The highest BCUT2D eigenvalue weighted by Gasteiger charge is 2.16. The Hall–Kier alpha value is -4.08. The fraction of sp³-hybridized carbons (Fsp3) is 0.207. The lowest BCUT2D eigenvalue weighted by atomic mass is 10.1. The summed E-state index contributed by atoms with van der Waals surface area (Å²) in [6.45, 7) is 3.89. The number of H-pyrrole nitrogens is 2. The first-order valence-corrected chi connectivity index (χ1v) is 13.6. The SMILES string of the molecule is Fc1ccc(-c2cccc3[nH]c(-c4n[nH]c5cnc(-c6cncc(OCCN7CCCC7)c6)cc45)cc23)s1. The second kappa shape index (κ2) is 9.66. The van der Waals surface area contributed by atoms with Gasteiger partial charge in [0.05, 0.1) is 29.3 Å². The molecule has 38 heavy (non-hydrogen) atoms. The molecule has 1 aromatic carbocycles. The van der Waals surface area contributed by atoms with Gasteiger partial charge in [0.25, 0.3) is 0 Å². The van der Waals surface area contributed by atoms with Gasteiger partial charge in [0.15, 0.2) is 5.13 Å². The van der Waals surface area contributed by atoms with Gasteiger partial charge in [-0.15, -0.1) is 11.3 Å². The van der Waals surface area contributed by atoms with E-state index >= 15 is 0 Å². The number of hydrogen-bond acceptors (Lipinski definition) is 6. The second-order valence-electron chi connectivity index (χ2n) is 9.55. The molecule has 0 amide bonds. The van der Waals surface area contributed by atoms with Crippen molar-refractivity contribution in [2.45, 2.75) is 12.8 Å². The topological polar surface area (TPSA) is 82.7 Å². The fourth-order valence-electron chi connectivity index (χ4n) is 5.17. The second-order valence-corrected chi connectivity index (χ2v) is 10.6. The highest BCUT2D eigenvalue weighted by atomic mass is 32.1. The van der Waals surface area contributed by atoms with Crippen molar-refractivity contribution < 1.29 is 9.13 Å². The number of pyridine rings is 2. The summed E-state index contributed by atoms with van der Waals surface area (Å²) in [5.74, 6) is 0.740. The van der Waals surface area contributed by atoms with Crippen LogP contribution in [0.3, 0.4) is 0 Å². The number of benzene rings is 1. The predicted octanol–water partition coefficient (Wildman–Crippen LogP) is 6.51. The van der Waals surface area contributed by atoms with Crippen molar-refractivity contribution in [2.75, 3.05) is 26.2 Å². The summed E-state index contributed by atoms with van der Waals surface area (Å²) in [6.07, 6.45) is 7.89. The number of ether oxygens (including phenoxy) is 1. The predicted molar refractivity (Wildman–Crippen MR) is 149 cm³/mol. The third-order valence-corrected chi connectivity index (χ3v) is 8.00. The molecule has 7 nitrogen and oxygen atoms in total. The van der Waals surface area contributed by atoms with E-state index in [9.17, 15) is 4.39 Å². The Bertz CT molecular complexity index is 1750. The Labute approximate surface area is 222 Å². The number of nitrogens with one attached hydrogen (secondary N) is 2. The van der Waals surface area contributed by atoms with Gasteiger partial charge in [0.2, 0.25) is 0 Å². The summed E-state index contributed by atoms with van der Waals surface area (Å²) >= 11 is 1.15. The van der Waals surface area contributed by atoms with E-state index in [0.29, 0.717) is 6.61 Å². The van der Waals surface area contributed by atoms with Gasteiger partial charge in [-0.2, -0.15) is 9.49 Å². The van der Waals surface area contributed by atoms with Crippen LogP contribution in [0.4, 0.5) is 4.39 Å². The molecule has 0 atom stereocenters. The Morgan fingerprint density at radius 2 is 1.89 bits per heavy atom. The molecule has 1 saturated heterocycles. The van der Waals surface area contributed by atoms with E-state index in [1.165, 1.54) is 18.9 Å². The van der Waals surface area contributed by atoms with Crippen molar-refractivity contribution >= 4 is 33.1 Å². The summed E-state index contributed by atoms with van der Waals surface area (Å²) in [7, 11) is 0. The van der Waals surface area contributed by atoms with Crippen LogP contribution >= 0.6 is 11.3 Å². The van der Waals surface area contributed by atoms with Crippen LogP contribution in [0.15, 0.2) is 67.1 Å². The van der Waals surface area contributed by atoms with Gasteiger partial charge in [-0.05, 0) is 62.3 Å². The zero-order valence-corrected chi connectivity index (χ0v) is 21.4. The van der Waals surface area contributed by atoms with Crippen LogP contribution < -0.4 is 4.74 Å². The lowest BCUT2D eigenvalue weighted by molar-refractivity contribution is 0.237. The van der Waals surface area contributed by atoms with Crippen LogP contribution in [0.2, 0.25) is 0 Å². The zero-order chi connectivity index (χ0) is 25.5. The van der Waals surface area contributed by atoms with Crippen LogP contribution in [-0.4, -0.2) is 56.3 Å². The van der Waals surface area contributed by atoms with Crippen LogP contribution in [0, 0.1) is 5.13 Å². The van der Waals surface area contributed by atoms with E-state index in [0.717, 1.165) is 91.6 Å². The van der Waals surface area contributed by atoms with E-state index in [1.54, 1.807) is 18.6 Å². The smallest absolute Gasteiger partial charge is 0.176 e. The number of rotatable bonds is 7. The van der Waals surface area contributed by atoms with Crippen molar-refractivity contribution in [1.29, 1.82) is 0 Å². The minimum atomic E-state index is -0.193. The number of thiophene rings is 1. The number of hydrogen-bond donors (Lipinski definition) is 2. The molecule has 0 unspecified atom stereocenters. The van der Waals surface area contributed by atoms with Crippen molar-refractivity contribution in [3.63, 3.8) is 0 Å². The molecule has 190 valence electrons. The number of nitrogens with zero attached hydrogens (tertiary/aromatic N) is 4. The number of aromatic amines is 2. The van der Waals surface area contributed by atoms with Gasteiger partial charge >= 0.3 is 0 Å². The average Bonchev–Trinajstić information content (AvgIpc) is 3.74. The zero-order valence-electron chi connectivity index (χ0n) is 20.6. The first-order valence-electron chi connectivity index (χ1n) is 12.7. The van der Waals surface area contributed by atoms with Crippen molar-refractivity contribution in [3.8, 4) is 38.8 Å². The van der Waals surface area contributed by atoms with Crippen molar-refractivity contribution in [3.05, 3.63) is 72.3 Å². The summed E-state index contributed by atoms with van der Waals surface area (Å²) in [6, 6.07) is 15.4. The third-order valence-electron chi connectivity index (χ3n) is 7.09. The van der Waals surface area contributed by atoms with Gasteiger partial charge in [0, 0.05) is 45.0 Å². The molecule has 1 aliphatic rings. The summed E-state index contributed by atoms with van der Waals surface area (Å²) in [5.41, 5.74) is 6.17. The number of fused-ring (bicyclic) bond motifs is 2. The standard InChI is InChI=1S/C29H25FN6OS/c30-28-7-6-27(38-28)20-4-3-5-23-21(20)13-25(33-23)29-22-14-24(32-17-26(22)34-35-29)18-12-19(16-31-15-18)37-11-10-36-8-1-2-9-36/h3-7,12-17,33H,1-2,8-11H2,(H,34,35). The van der Waals surface area contributed by atoms with E-state index < -0.39 is 0 Å². The molecule has 7 rings (SSSR count). The molecule has 2 N–H and O–H groups in total. The highest BCUT2D eigenvalue weighted by Crippen LogP contribution is 2.37. The van der Waals surface area contributed by atoms with Gasteiger partial charge in [0.1, 0.15) is 18.1 Å². The lowest BCUT2D eigenvalue weighted by Crippen LogP contribution is -2.25. The summed E-state index contributed by atoms with van der Waals surface area (Å²) in [5, 5.41) is 9.48. The summed E-state index contributed by atoms with van der Waals surface area (Å²) < 4.78 is 19.7. The summed E-state index contributed by atoms with van der Waals surface area (Å²) in [4.78, 5) is 15.9. The quantitative estimate of drug-likeness (QED) is 0.249. The highest BCUT2D eigenvalue weighted by molar-refractivity contribution is 7.14. The Kier molecular flexibility index (Phi) is 5.87. The Balaban J connectivity index is 1.20. The molecular weight excluding hydrogens is 499 g/mol. The molecule has 6 heterocycles. The molecule has 5 aromatic heterocycles. The third kappa shape index (κ3) is 4.33. The molecule has 0 aliphatic carbocycles. The molecule has 0 spiro atoms. The monoisotopic (exact) mass is 524 g/mol. The van der Waals surface area contributed by atoms with Crippen molar-refractivity contribution in [2.24, 2.45) is 0 Å². The number of likely N-dealkylation sites (tertiary alicyclic amines) is 1. The normalized spacial score (nSPS) is 14.1. The molecule has 0 saturated carbocycles. The maximum absolute atomic E-state index is 13.7. The van der Waals surface area contributed by atoms with E-state index in [4.69, 9.17) is 4.74 Å². The minimum Gasteiger partial charge on any atom is -0.491 e. The van der Waals surface area contributed by atoms with Crippen LogP contribution in [0.25, 0.3) is 54.9 Å².